The number of aromatic carboxylic acids is 1. The van der Waals surface area contributed by atoms with Gasteiger partial charge < -0.3 is 15.3 Å². The van der Waals surface area contributed by atoms with Crippen LogP contribution >= 0.6 is 0 Å². The molecule has 0 unspecified atom stereocenters. The summed E-state index contributed by atoms with van der Waals surface area (Å²) in [6.07, 6.45) is 5.51. The molecule has 0 atom stereocenters. The maximum absolute atomic E-state index is 11.1. The largest absolute Gasteiger partial charge is 0.478 e. The van der Waals surface area contributed by atoms with E-state index in [4.69, 9.17) is 5.11 Å². The van der Waals surface area contributed by atoms with Crippen molar-refractivity contribution in [2.45, 2.75) is 6.92 Å². The van der Waals surface area contributed by atoms with Crippen LogP contribution in [0, 0.1) is 6.92 Å². The molecule has 1 aliphatic rings. The van der Waals surface area contributed by atoms with Crippen molar-refractivity contribution in [2.24, 2.45) is 0 Å². The number of rotatable bonds is 3. The molecule has 0 saturated carbocycles. The number of benzene rings is 1. The Hall–Kier alpha value is -2.82. The van der Waals surface area contributed by atoms with E-state index in [0.29, 0.717) is 12.2 Å². The third-order valence-corrected chi connectivity index (χ3v) is 3.46. The molecule has 3 rings (SSSR count). The molecule has 5 nitrogen and oxygen atoms in total. The minimum absolute atomic E-state index is 0.291. The highest BCUT2D eigenvalue weighted by Crippen LogP contribution is 2.26. The zero-order valence-corrected chi connectivity index (χ0v) is 11.6. The Bertz CT molecular complexity index is 711. The average Bonchev–Trinajstić information content (AvgIpc) is 2.98. The molecule has 5 heteroatoms. The Balaban J connectivity index is 1.94. The number of hydrogen-bond donors (Lipinski definition) is 2. The summed E-state index contributed by atoms with van der Waals surface area (Å²) < 4.78 is 0. The molecule has 0 amide bonds. The Morgan fingerprint density at radius 1 is 1.38 bits per heavy atom. The number of hydrogen-bond acceptors (Lipinski definition) is 4. The minimum Gasteiger partial charge on any atom is -0.478 e. The van der Waals surface area contributed by atoms with Gasteiger partial charge in [-0.25, -0.2) is 4.79 Å². The Labute approximate surface area is 122 Å². The summed E-state index contributed by atoms with van der Waals surface area (Å²) in [5.74, 6) is -0.917. The standard InChI is InChI=1S/C16H15N3O2/c1-11-4-5-12(16(20)21)7-15(11)19-9-14(18-10-19)13-3-2-6-17-8-13/h2-9,18H,10H2,1H3,(H,20,21). The van der Waals surface area contributed by atoms with E-state index in [1.54, 1.807) is 24.5 Å². The smallest absolute Gasteiger partial charge is 0.335 e. The lowest BCUT2D eigenvalue weighted by molar-refractivity contribution is 0.0697. The first kappa shape index (κ1) is 13.2. The first-order valence-corrected chi connectivity index (χ1v) is 6.62. The first-order chi connectivity index (χ1) is 10.1. The highest BCUT2D eigenvalue weighted by Gasteiger charge is 2.17. The van der Waals surface area contributed by atoms with Gasteiger partial charge >= 0.3 is 5.97 Å². The van der Waals surface area contributed by atoms with Crippen LogP contribution in [0.5, 0.6) is 0 Å². The van der Waals surface area contributed by atoms with Crippen molar-refractivity contribution < 1.29 is 9.90 Å². The number of anilines is 1. The van der Waals surface area contributed by atoms with Crippen LogP contribution < -0.4 is 10.2 Å². The van der Waals surface area contributed by atoms with E-state index in [1.165, 1.54) is 0 Å². The van der Waals surface area contributed by atoms with E-state index in [-0.39, 0.29) is 0 Å². The molecule has 2 heterocycles. The monoisotopic (exact) mass is 281 g/mol. The van der Waals surface area contributed by atoms with Gasteiger partial charge in [0.25, 0.3) is 0 Å². The number of carbonyl (C=O) groups is 1. The van der Waals surface area contributed by atoms with E-state index < -0.39 is 5.97 Å². The third kappa shape index (κ3) is 2.58. The highest BCUT2D eigenvalue weighted by atomic mass is 16.4. The van der Waals surface area contributed by atoms with Gasteiger partial charge in [0.1, 0.15) is 0 Å². The van der Waals surface area contributed by atoms with Gasteiger partial charge in [-0.2, -0.15) is 0 Å². The zero-order valence-electron chi connectivity index (χ0n) is 11.6. The van der Waals surface area contributed by atoms with Crippen molar-refractivity contribution in [1.29, 1.82) is 0 Å². The van der Waals surface area contributed by atoms with Gasteiger partial charge in [0.05, 0.1) is 17.9 Å². The van der Waals surface area contributed by atoms with Gasteiger partial charge in [0.15, 0.2) is 0 Å². The normalized spacial score (nSPS) is 13.8. The van der Waals surface area contributed by atoms with E-state index >= 15 is 0 Å². The fourth-order valence-corrected chi connectivity index (χ4v) is 2.32. The van der Waals surface area contributed by atoms with Crippen molar-refractivity contribution in [2.75, 3.05) is 11.6 Å². The molecule has 0 spiro atoms. The van der Waals surface area contributed by atoms with Crippen molar-refractivity contribution in [3.8, 4) is 0 Å². The second-order valence-electron chi connectivity index (χ2n) is 4.90. The molecule has 1 aliphatic heterocycles. The third-order valence-electron chi connectivity index (χ3n) is 3.46. The van der Waals surface area contributed by atoms with Crippen LogP contribution in [0.25, 0.3) is 5.70 Å². The van der Waals surface area contributed by atoms with Crippen molar-refractivity contribution >= 4 is 17.4 Å². The topological polar surface area (TPSA) is 65.5 Å². The predicted molar refractivity (Wildman–Crippen MR) is 80.8 cm³/mol. The number of carboxylic acid groups (broad SMARTS) is 1. The van der Waals surface area contributed by atoms with Crippen molar-refractivity contribution in [1.82, 2.24) is 10.3 Å². The molecular formula is C16H15N3O2. The lowest BCUT2D eigenvalue weighted by Gasteiger charge is -2.17. The van der Waals surface area contributed by atoms with Gasteiger partial charge in [-0.1, -0.05) is 6.07 Å². The highest BCUT2D eigenvalue weighted by molar-refractivity contribution is 5.89. The lowest BCUT2D eigenvalue weighted by atomic mass is 10.1. The van der Waals surface area contributed by atoms with Crippen molar-refractivity contribution in [3.05, 3.63) is 65.6 Å². The van der Waals surface area contributed by atoms with E-state index in [0.717, 1.165) is 22.5 Å². The summed E-state index contributed by atoms with van der Waals surface area (Å²) in [5.41, 5.74) is 4.20. The lowest BCUT2D eigenvalue weighted by Crippen LogP contribution is -2.21. The van der Waals surface area contributed by atoms with Crippen molar-refractivity contribution in [3.63, 3.8) is 0 Å². The summed E-state index contributed by atoms with van der Waals surface area (Å²) in [6.45, 7) is 2.57. The molecule has 1 aromatic carbocycles. The second kappa shape index (κ2) is 5.28. The van der Waals surface area contributed by atoms with Crippen LogP contribution in [0.2, 0.25) is 0 Å². The fraction of sp³-hybridized carbons (Fsp3) is 0.125. The SMILES string of the molecule is Cc1ccc(C(=O)O)cc1N1C=C(c2cccnc2)NC1. The minimum atomic E-state index is -0.917. The van der Waals surface area contributed by atoms with Crippen LogP contribution in [-0.4, -0.2) is 22.7 Å². The Morgan fingerprint density at radius 3 is 2.95 bits per heavy atom. The van der Waals surface area contributed by atoms with Crippen LogP contribution in [0.15, 0.2) is 48.9 Å². The number of pyridine rings is 1. The van der Waals surface area contributed by atoms with Crippen LogP contribution in [-0.2, 0) is 0 Å². The molecule has 0 saturated heterocycles. The molecule has 0 fully saturated rings. The molecular weight excluding hydrogens is 266 g/mol. The zero-order chi connectivity index (χ0) is 14.8. The molecule has 0 radical (unpaired) electrons. The number of aromatic nitrogens is 1. The van der Waals surface area contributed by atoms with Crippen LogP contribution in [0.1, 0.15) is 21.5 Å². The van der Waals surface area contributed by atoms with Gasteiger partial charge in [-0.05, 0) is 36.8 Å². The van der Waals surface area contributed by atoms with Gasteiger partial charge in [-0.3, -0.25) is 4.98 Å². The van der Waals surface area contributed by atoms with E-state index in [9.17, 15) is 4.79 Å². The molecule has 21 heavy (non-hydrogen) atoms. The van der Waals surface area contributed by atoms with Gasteiger partial charge in [0.2, 0.25) is 0 Å². The number of nitrogens with zero attached hydrogens (tertiary/aromatic N) is 2. The maximum Gasteiger partial charge on any atom is 0.335 e. The van der Waals surface area contributed by atoms with E-state index in [2.05, 4.69) is 10.3 Å². The second-order valence-corrected chi connectivity index (χ2v) is 4.90. The average molecular weight is 281 g/mol. The fourth-order valence-electron chi connectivity index (χ4n) is 2.32. The Kier molecular flexibility index (Phi) is 3.31. The molecule has 1 aromatic heterocycles. The van der Waals surface area contributed by atoms with Crippen LogP contribution in [0.3, 0.4) is 0 Å². The summed E-state index contributed by atoms with van der Waals surface area (Å²) >= 11 is 0. The summed E-state index contributed by atoms with van der Waals surface area (Å²) in [5, 5.41) is 12.4. The van der Waals surface area contributed by atoms with Gasteiger partial charge in [-0.15, -0.1) is 0 Å². The number of aryl methyl sites for hydroxylation is 1. The molecule has 2 N–H and O–H groups in total. The summed E-state index contributed by atoms with van der Waals surface area (Å²) in [6, 6.07) is 9.01. The first-order valence-electron chi connectivity index (χ1n) is 6.62. The number of carboxylic acids is 1. The Morgan fingerprint density at radius 2 is 2.24 bits per heavy atom. The summed E-state index contributed by atoms with van der Waals surface area (Å²) in [7, 11) is 0. The van der Waals surface area contributed by atoms with Gasteiger partial charge in [0, 0.05) is 29.8 Å². The molecule has 0 bridgehead atoms. The maximum atomic E-state index is 11.1. The van der Waals surface area contributed by atoms with E-state index in [1.807, 2.05) is 36.2 Å². The van der Waals surface area contributed by atoms with Crippen LogP contribution in [0.4, 0.5) is 5.69 Å². The number of nitrogens with one attached hydrogen (secondary N) is 1. The molecule has 0 aliphatic carbocycles. The molecule has 2 aromatic rings. The predicted octanol–water partition coefficient (Wildman–Crippen LogP) is 2.45. The summed E-state index contributed by atoms with van der Waals surface area (Å²) in [4.78, 5) is 17.2. The quantitative estimate of drug-likeness (QED) is 0.904. The molecule has 106 valence electrons.